The first-order valence-electron chi connectivity index (χ1n) is 6.82. The molecule has 1 aromatic heterocycles. The molecule has 0 unspecified atom stereocenters. The molecule has 104 valence electrons. The molecule has 1 amide bonds. The Morgan fingerprint density at radius 1 is 1.47 bits per heavy atom. The Morgan fingerprint density at radius 3 is 3.11 bits per heavy atom. The fourth-order valence-electron chi connectivity index (χ4n) is 2.86. The number of ether oxygens (including phenoxy) is 1. The highest BCUT2D eigenvalue weighted by Crippen LogP contribution is 2.19. The van der Waals surface area contributed by atoms with Crippen LogP contribution in [0.25, 0.3) is 0 Å². The molecule has 6 nitrogen and oxygen atoms in total. The Morgan fingerprint density at radius 2 is 2.32 bits per heavy atom. The van der Waals surface area contributed by atoms with E-state index >= 15 is 0 Å². The van der Waals surface area contributed by atoms with Gasteiger partial charge in [-0.05, 0) is 18.9 Å². The van der Waals surface area contributed by atoms with Crippen LogP contribution in [0.3, 0.4) is 0 Å². The number of morpholine rings is 1. The van der Waals surface area contributed by atoms with E-state index in [9.17, 15) is 4.79 Å². The third kappa shape index (κ3) is 2.96. The number of hydrogen-bond acceptors (Lipinski definition) is 4. The summed E-state index contributed by atoms with van der Waals surface area (Å²) in [6.45, 7) is 3.05. The Bertz CT molecular complexity index is 459. The lowest BCUT2D eigenvalue weighted by atomic mass is 10.0. The minimum Gasteiger partial charge on any atom is -0.366 e. The number of fused-ring (bicyclic) bond motifs is 1. The van der Waals surface area contributed by atoms with E-state index in [1.165, 1.54) is 0 Å². The van der Waals surface area contributed by atoms with Gasteiger partial charge in [-0.3, -0.25) is 14.4 Å². The molecule has 2 atom stereocenters. The van der Waals surface area contributed by atoms with Crippen LogP contribution >= 0.6 is 0 Å². The minimum atomic E-state index is 0.0134. The molecule has 0 radical (unpaired) electrons. The Balaban J connectivity index is 1.59. The fourth-order valence-corrected chi connectivity index (χ4v) is 2.86. The number of carbonyl (C=O) groups is 1. The summed E-state index contributed by atoms with van der Waals surface area (Å²) >= 11 is 0. The summed E-state index contributed by atoms with van der Waals surface area (Å²) in [5, 5.41) is 7.45. The normalized spacial score (nSPS) is 28.6. The van der Waals surface area contributed by atoms with Gasteiger partial charge in [0.1, 0.15) is 6.61 Å². The molecule has 2 saturated heterocycles. The van der Waals surface area contributed by atoms with E-state index in [2.05, 4.69) is 21.4 Å². The van der Waals surface area contributed by atoms with Gasteiger partial charge in [-0.1, -0.05) is 0 Å². The van der Waals surface area contributed by atoms with E-state index in [0.717, 1.165) is 38.2 Å². The maximum atomic E-state index is 11.3. The molecular weight excluding hydrogens is 244 g/mol. The van der Waals surface area contributed by atoms with E-state index in [0.29, 0.717) is 0 Å². The lowest BCUT2D eigenvalue weighted by molar-refractivity contribution is -0.136. The van der Waals surface area contributed by atoms with Gasteiger partial charge in [0.2, 0.25) is 5.91 Å². The van der Waals surface area contributed by atoms with Crippen LogP contribution in [0.5, 0.6) is 0 Å². The van der Waals surface area contributed by atoms with Crippen LogP contribution in [0, 0.1) is 0 Å². The van der Waals surface area contributed by atoms with Crippen molar-refractivity contribution in [2.75, 3.05) is 19.7 Å². The van der Waals surface area contributed by atoms with Crippen molar-refractivity contribution >= 4 is 5.91 Å². The number of rotatable bonds is 2. The summed E-state index contributed by atoms with van der Waals surface area (Å²) < 4.78 is 7.45. The molecule has 0 saturated carbocycles. The minimum absolute atomic E-state index is 0.0134. The van der Waals surface area contributed by atoms with Crippen LogP contribution in [0.4, 0.5) is 0 Å². The highest BCUT2D eigenvalue weighted by molar-refractivity contribution is 5.78. The summed E-state index contributed by atoms with van der Waals surface area (Å²) in [6, 6.07) is 2.23. The SMILES string of the molecule is Cn1ccc(CN2CC[C@@H]3NC(=O)CO[C@H]3CC2)n1. The van der Waals surface area contributed by atoms with Gasteiger partial charge in [-0.15, -0.1) is 0 Å². The topological polar surface area (TPSA) is 59.4 Å². The van der Waals surface area contributed by atoms with E-state index in [-0.39, 0.29) is 24.7 Å². The van der Waals surface area contributed by atoms with Crippen molar-refractivity contribution in [2.45, 2.75) is 31.5 Å². The summed E-state index contributed by atoms with van der Waals surface area (Å²) in [7, 11) is 1.93. The predicted molar refractivity (Wildman–Crippen MR) is 69.4 cm³/mol. The quantitative estimate of drug-likeness (QED) is 0.810. The Labute approximate surface area is 112 Å². The molecule has 6 heteroatoms. The molecule has 2 aliphatic rings. The molecule has 0 aromatic carbocycles. The van der Waals surface area contributed by atoms with Gasteiger partial charge < -0.3 is 10.1 Å². The number of nitrogens with zero attached hydrogens (tertiary/aromatic N) is 3. The Kier molecular flexibility index (Phi) is 3.52. The summed E-state index contributed by atoms with van der Waals surface area (Å²) in [5.41, 5.74) is 1.09. The lowest BCUT2D eigenvalue weighted by Gasteiger charge is -2.30. The van der Waals surface area contributed by atoms with Crippen molar-refractivity contribution in [3.8, 4) is 0 Å². The van der Waals surface area contributed by atoms with E-state index in [1.54, 1.807) is 0 Å². The summed E-state index contributed by atoms with van der Waals surface area (Å²) in [6.07, 6.45) is 4.06. The Hall–Kier alpha value is -1.40. The molecule has 1 N–H and O–H groups in total. The smallest absolute Gasteiger partial charge is 0.246 e. The molecule has 2 aliphatic heterocycles. The number of aryl methyl sites for hydroxylation is 1. The molecule has 19 heavy (non-hydrogen) atoms. The molecule has 1 aromatic rings. The number of carbonyl (C=O) groups excluding carboxylic acids is 1. The van der Waals surface area contributed by atoms with Crippen molar-refractivity contribution in [2.24, 2.45) is 7.05 Å². The zero-order chi connectivity index (χ0) is 13.2. The maximum Gasteiger partial charge on any atom is 0.246 e. The van der Waals surface area contributed by atoms with E-state index in [1.807, 2.05) is 17.9 Å². The predicted octanol–water partition coefficient (Wildman–Crippen LogP) is -0.100. The molecule has 2 fully saturated rings. The first-order chi connectivity index (χ1) is 9.20. The number of amides is 1. The van der Waals surface area contributed by atoms with Gasteiger partial charge in [0.15, 0.2) is 0 Å². The first kappa shape index (κ1) is 12.6. The van der Waals surface area contributed by atoms with E-state index in [4.69, 9.17) is 4.74 Å². The van der Waals surface area contributed by atoms with Gasteiger partial charge >= 0.3 is 0 Å². The molecular formula is C13H20N4O2. The van der Waals surface area contributed by atoms with E-state index < -0.39 is 0 Å². The number of aromatic nitrogens is 2. The van der Waals surface area contributed by atoms with Crippen molar-refractivity contribution in [1.29, 1.82) is 0 Å². The van der Waals surface area contributed by atoms with Crippen molar-refractivity contribution in [3.63, 3.8) is 0 Å². The van der Waals surface area contributed by atoms with Crippen LogP contribution in [0.2, 0.25) is 0 Å². The fraction of sp³-hybridized carbons (Fsp3) is 0.692. The van der Waals surface area contributed by atoms with Gasteiger partial charge in [-0.2, -0.15) is 5.10 Å². The zero-order valence-corrected chi connectivity index (χ0v) is 11.2. The van der Waals surface area contributed by atoms with Gasteiger partial charge in [-0.25, -0.2) is 0 Å². The molecule has 0 spiro atoms. The zero-order valence-electron chi connectivity index (χ0n) is 11.2. The second-order valence-corrected chi connectivity index (χ2v) is 5.36. The monoisotopic (exact) mass is 264 g/mol. The average molecular weight is 264 g/mol. The lowest BCUT2D eigenvalue weighted by Crippen LogP contribution is -2.51. The van der Waals surface area contributed by atoms with Gasteiger partial charge in [0, 0.05) is 32.9 Å². The second kappa shape index (κ2) is 5.30. The number of nitrogens with one attached hydrogen (secondary N) is 1. The third-order valence-electron chi connectivity index (χ3n) is 3.86. The largest absolute Gasteiger partial charge is 0.366 e. The molecule has 0 aliphatic carbocycles. The van der Waals surface area contributed by atoms with Crippen LogP contribution in [-0.2, 0) is 23.1 Å². The summed E-state index contributed by atoms with van der Waals surface area (Å²) in [5.74, 6) is 0.0134. The average Bonchev–Trinajstić information content (AvgIpc) is 2.68. The van der Waals surface area contributed by atoms with Crippen LogP contribution in [0.15, 0.2) is 12.3 Å². The molecule has 0 bridgehead atoms. The summed E-state index contributed by atoms with van der Waals surface area (Å²) in [4.78, 5) is 13.7. The van der Waals surface area contributed by atoms with Gasteiger partial charge in [0.05, 0.1) is 17.8 Å². The number of likely N-dealkylation sites (tertiary alicyclic amines) is 1. The highest BCUT2D eigenvalue weighted by Gasteiger charge is 2.32. The van der Waals surface area contributed by atoms with Crippen molar-refractivity contribution < 1.29 is 9.53 Å². The molecule has 3 rings (SSSR count). The maximum absolute atomic E-state index is 11.3. The molecule has 3 heterocycles. The van der Waals surface area contributed by atoms with Crippen molar-refractivity contribution in [3.05, 3.63) is 18.0 Å². The van der Waals surface area contributed by atoms with Crippen LogP contribution in [0.1, 0.15) is 18.5 Å². The standard InChI is InChI=1S/C13H20N4O2/c1-16-5-2-10(15-16)8-17-6-3-11-12(4-7-17)19-9-13(18)14-11/h2,5,11-12H,3-4,6-9H2,1H3,(H,14,18)/t11-,12-/m0/s1. The number of hydrogen-bond donors (Lipinski definition) is 1. The third-order valence-corrected chi connectivity index (χ3v) is 3.86. The van der Waals surface area contributed by atoms with Crippen LogP contribution in [-0.4, -0.2) is 52.4 Å². The first-order valence-corrected chi connectivity index (χ1v) is 6.82. The highest BCUT2D eigenvalue weighted by atomic mass is 16.5. The second-order valence-electron chi connectivity index (χ2n) is 5.36. The van der Waals surface area contributed by atoms with Crippen LogP contribution < -0.4 is 5.32 Å². The van der Waals surface area contributed by atoms with Gasteiger partial charge in [0.25, 0.3) is 0 Å². The van der Waals surface area contributed by atoms with Crippen molar-refractivity contribution in [1.82, 2.24) is 20.0 Å².